The molecule has 10 heteroatoms. The second-order valence-corrected chi connectivity index (χ2v) is 33.8. The van der Waals surface area contributed by atoms with Crippen LogP contribution < -0.4 is 9.05 Å². The first-order valence-electron chi connectivity index (χ1n) is 29.1. The number of fused-ring (bicyclic) bond motifs is 3. The van der Waals surface area contributed by atoms with Crippen LogP contribution in [-0.4, -0.2) is 26.4 Å². The highest BCUT2D eigenvalue weighted by molar-refractivity contribution is 7.42. The van der Waals surface area contributed by atoms with E-state index in [1.165, 1.54) is 22.3 Å². The molecule has 2 aliphatic rings. The Morgan fingerprint density at radius 2 is 0.775 bits per heavy atom. The third kappa shape index (κ3) is 12.7. The molecule has 0 amide bonds. The molecule has 2 aliphatic heterocycles. The van der Waals surface area contributed by atoms with Gasteiger partial charge in [0.2, 0.25) is 0 Å². The van der Waals surface area contributed by atoms with Gasteiger partial charge in [0, 0.05) is 49.7 Å². The molecule has 2 saturated heterocycles. The molecular formula is C70H98O8P2. The van der Waals surface area contributed by atoms with E-state index in [0.717, 1.165) is 77.8 Å². The molecule has 0 radical (unpaired) electrons. The Hall–Kier alpha value is -4.13. The monoisotopic (exact) mass is 1130 g/mol. The van der Waals surface area contributed by atoms with Crippen molar-refractivity contribution in [2.45, 2.75) is 230 Å². The molecule has 0 saturated carbocycles. The van der Waals surface area contributed by atoms with Crippen LogP contribution in [0.1, 0.15) is 234 Å². The summed E-state index contributed by atoms with van der Waals surface area (Å²) in [7, 11) is -4.09. The van der Waals surface area contributed by atoms with Crippen molar-refractivity contribution in [2.75, 3.05) is 26.4 Å². The first-order chi connectivity index (χ1) is 36.5. The Labute approximate surface area is 484 Å². The van der Waals surface area contributed by atoms with E-state index >= 15 is 0 Å². The lowest BCUT2D eigenvalue weighted by Crippen LogP contribution is -2.47. The molecule has 8 nitrogen and oxygen atoms in total. The number of hydrogen-bond acceptors (Lipinski definition) is 8. The van der Waals surface area contributed by atoms with Crippen molar-refractivity contribution in [2.24, 2.45) is 5.41 Å². The molecule has 0 atom stereocenters. The topological polar surface area (TPSA) is 81.7 Å². The quantitative estimate of drug-likeness (QED) is 0.153. The second-order valence-electron chi connectivity index (χ2n) is 31.6. The van der Waals surface area contributed by atoms with Crippen LogP contribution in [-0.2, 0) is 61.8 Å². The van der Waals surface area contributed by atoms with Crippen molar-refractivity contribution in [3.63, 3.8) is 0 Å². The molecule has 0 aliphatic carbocycles. The summed E-state index contributed by atoms with van der Waals surface area (Å²) in [4.78, 5) is 0. The molecule has 5 aromatic carbocycles. The molecule has 2 fully saturated rings. The molecule has 1 spiro atoms. The molecule has 3 heterocycles. The summed E-state index contributed by atoms with van der Waals surface area (Å²) in [6.45, 7) is 61.1. The number of benzene rings is 5. The van der Waals surface area contributed by atoms with E-state index in [0.29, 0.717) is 32.2 Å². The summed E-state index contributed by atoms with van der Waals surface area (Å²) < 4.78 is 56.8. The SMILES string of the molecule is Cc1c(C(C)(C)C)cc(C(C)(C)C)c(OP2OCC3(COC(c4ccccc4)OC3)CO2)c1-c1c(C)c(C(C)(C)C)cc(C(C)(C)C)c1Op1oc2c(C(C)(C)C)cc(C(C)(C)C)cc2c2cc(C(C)(C)C)cc(C(C)(C)C)c2o1. The minimum atomic E-state index is -2.21. The minimum Gasteiger partial charge on any atom is -0.426 e. The van der Waals surface area contributed by atoms with Crippen LogP contribution in [0, 0.1) is 19.3 Å². The smallest absolute Gasteiger partial charge is 0.426 e. The average Bonchev–Trinajstić information content (AvgIpc) is 3.46. The Morgan fingerprint density at radius 1 is 0.412 bits per heavy atom. The van der Waals surface area contributed by atoms with Crippen LogP contribution >= 0.6 is 16.8 Å². The van der Waals surface area contributed by atoms with Gasteiger partial charge in [-0.05, 0) is 103 Å². The van der Waals surface area contributed by atoms with Gasteiger partial charge < -0.3 is 36.0 Å². The zero-order valence-corrected chi connectivity index (χ0v) is 55.7. The fraction of sp³-hybridized carbons (Fsp3) is 0.571. The van der Waals surface area contributed by atoms with Gasteiger partial charge in [0.05, 0.1) is 31.8 Å². The maximum atomic E-state index is 7.92. The van der Waals surface area contributed by atoms with Crippen LogP contribution in [0.3, 0.4) is 0 Å². The molecule has 0 bridgehead atoms. The fourth-order valence-electron chi connectivity index (χ4n) is 11.2. The summed E-state index contributed by atoms with van der Waals surface area (Å²) in [5.41, 5.74) is 13.3. The maximum Gasteiger partial charge on any atom is 0.453 e. The van der Waals surface area contributed by atoms with Crippen LogP contribution in [0.2, 0.25) is 0 Å². The Kier molecular flexibility index (Phi) is 16.4. The third-order valence-electron chi connectivity index (χ3n) is 16.1. The molecular weight excluding hydrogens is 1030 g/mol. The minimum absolute atomic E-state index is 0.145. The van der Waals surface area contributed by atoms with Gasteiger partial charge in [0.15, 0.2) is 6.29 Å². The van der Waals surface area contributed by atoms with Gasteiger partial charge in [-0.2, -0.15) is 0 Å². The average molecular weight is 1130 g/mol. The lowest BCUT2D eigenvalue weighted by atomic mass is 9.72. The first-order valence-corrected chi connectivity index (χ1v) is 31.3. The van der Waals surface area contributed by atoms with Gasteiger partial charge in [-0.3, -0.25) is 0 Å². The van der Waals surface area contributed by atoms with E-state index < -0.39 is 34.0 Å². The van der Waals surface area contributed by atoms with Crippen LogP contribution in [0.15, 0.2) is 75.1 Å². The van der Waals surface area contributed by atoms with E-state index in [4.69, 9.17) is 36.0 Å². The maximum absolute atomic E-state index is 7.92. The highest BCUT2D eigenvalue weighted by Crippen LogP contribution is 2.59. The predicted octanol–water partition coefficient (Wildman–Crippen LogP) is 21.2. The first kappa shape index (κ1) is 61.9. The number of ether oxygens (including phenoxy) is 2. The van der Waals surface area contributed by atoms with E-state index in [-0.39, 0.29) is 37.9 Å². The predicted molar refractivity (Wildman–Crippen MR) is 336 cm³/mol. The van der Waals surface area contributed by atoms with Crippen LogP contribution in [0.25, 0.3) is 33.1 Å². The summed E-state index contributed by atoms with van der Waals surface area (Å²) in [6.07, 6.45) is -0.437. The number of hydrogen-bond donors (Lipinski definition) is 0. The van der Waals surface area contributed by atoms with Crippen LogP contribution in [0.5, 0.6) is 11.5 Å². The van der Waals surface area contributed by atoms with Gasteiger partial charge in [0.1, 0.15) is 22.7 Å². The Bertz CT molecular complexity index is 3210. The van der Waals surface area contributed by atoms with Gasteiger partial charge in [-0.25, -0.2) is 0 Å². The summed E-state index contributed by atoms with van der Waals surface area (Å²) >= 11 is 0. The van der Waals surface area contributed by atoms with Crippen molar-refractivity contribution in [1.29, 1.82) is 0 Å². The number of rotatable bonds is 6. The van der Waals surface area contributed by atoms with Crippen molar-refractivity contribution < 1.29 is 36.0 Å². The summed E-state index contributed by atoms with van der Waals surface area (Å²) in [5.74, 6) is 1.44. The van der Waals surface area contributed by atoms with Gasteiger partial charge in [-0.1, -0.05) is 221 Å². The van der Waals surface area contributed by atoms with Gasteiger partial charge in [0.25, 0.3) is 0 Å². The molecule has 80 heavy (non-hydrogen) atoms. The standard InChI is InChI=1S/C70H98O8P2/c1-42-49(64(9,10)11)36-53(68(21,22)23)59(77-79-73-40-70(41-74-79)38-71-61(72-39-70)44-30-28-27-29-31-44)55(42)56-43(2)50(65(12,13)14)37-54(69(24,25)26)60(56)78-80-75-57-47(32-45(62(3,4)5)34-51(57)66(15,16)17)48-33-46(63(6,7)8)35-52(58(48)76-80)67(18,19)20/h27-37,61H,38-41H2,1-26H3. The van der Waals surface area contributed by atoms with Crippen molar-refractivity contribution in [3.05, 3.63) is 128 Å². The normalized spacial score (nSPS) is 19.3. The largest absolute Gasteiger partial charge is 0.453 e. The summed E-state index contributed by atoms with van der Waals surface area (Å²) in [5, 5.41) is 2.05. The molecule has 436 valence electrons. The van der Waals surface area contributed by atoms with Gasteiger partial charge in [-0.15, -0.1) is 0 Å². The summed E-state index contributed by atoms with van der Waals surface area (Å²) in [6, 6.07) is 24.3. The fourth-order valence-corrected chi connectivity index (χ4v) is 13.7. The van der Waals surface area contributed by atoms with Crippen LogP contribution in [0.4, 0.5) is 0 Å². The molecule has 1 aromatic heterocycles. The van der Waals surface area contributed by atoms with E-state index in [1.54, 1.807) is 0 Å². The van der Waals surface area contributed by atoms with Crippen molar-refractivity contribution in [3.8, 4) is 22.6 Å². The van der Waals surface area contributed by atoms with Crippen molar-refractivity contribution >= 4 is 38.8 Å². The lowest BCUT2D eigenvalue weighted by molar-refractivity contribution is -0.250. The molecule has 0 unspecified atom stereocenters. The van der Waals surface area contributed by atoms with E-state index in [2.05, 4.69) is 216 Å². The highest BCUT2D eigenvalue weighted by atomic mass is 31.2. The zero-order valence-electron chi connectivity index (χ0n) is 53.9. The highest BCUT2D eigenvalue weighted by Gasteiger charge is 2.45. The second kappa shape index (κ2) is 21.2. The Morgan fingerprint density at radius 3 is 1.12 bits per heavy atom. The molecule has 0 N–H and O–H groups in total. The van der Waals surface area contributed by atoms with E-state index in [1.807, 2.05) is 30.3 Å². The van der Waals surface area contributed by atoms with E-state index in [9.17, 15) is 0 Å². The third-order valence-corrected chi connectivity index (χ3v) is 18.2. The Balaban J connectivity index is 1.46. The molecule has 6 aromatic rings. The van der Waals surface area contributed by atoms with Crippen molar-refractivity contribution in [1.82, 2.24) is 0 Å². The van der Waals surface area contributed by atoms with Gasteiger partial charge >= 0.3 is 16.8 Å². The molecule has 8 rings (SSSR count). The zero-order chi connectivity index (χ0) is 59.5. The lowest BCUT2D eigenvalue weighted by Gasteiger charge is -2.43.